The summed E-state index contributed by atoms with van der Waals surface area (Å²) in [6, 6.07) is 6.86. The Morgan fingerprint density at radius 1 is 1.12 bits per heavy atom. The van der Waals surface area contributed by atoms with Crippen molar-refractivity contribution in [2.45, 2.75) is 33.4 Å². The van der Waals surface area contributed by atoms with Crippen LogP contribution in [0.2, 0.25) is 0 Å². The molecule has 12 nitrogen and oxygen atoms in total. The number of nitrogens with one attached hydrogen (secondary N) is 1. The summed E-state index contributed by atoms with van der Waals surface area (Å²) in [6.45, 7) is 7.33. The van der Waals surface area contributed by atoms with Gasteiger partial charge in [0.1, 0.15) is 18.1 Å². The van der Waals surface area contributed by atoms with Crippen molar-refractivity contribution in [2.24, 2.45) is 0 Å². The van der Waals surface area contributed by atoms with Crippen LogP contribution in [-0.4, -0.2) is 85.3 Å². The highest BCUT2D eigenvalue weighted by molar-refractivity contribution is 5.92. The fraction of sp³-hybridized carbons (Fsp3) is 0.455. The Hall–Kier alpha value is -3.96. The summed E-state index contributed by atoms with van der Waals surface area (Å²) in [7, 11) is 0. The van der Waals surface area contributed by atoms with Crippen LogP contribution >= 0.6 is 0 Å². The lowest BCUT2D eigenvalue weighted by Crippen LogP contribution is -2.52. The lowest BCUT2D eigenvalue weighted by molar-refractivity contribution is -0.136. The number of carbonyl (C=O) groups is 3. The predicted octanol–water partition coefficient (Wildman–Crippen LogP) is 1.44. The molecule has 1 unspecified atom stereocenters. The highest BCUT2D eigenvalue weighted by Crippen LogP contribution is 2.19. The van der Waals surface area contributed by atoms with Gasteiger partial charge in [-0.15, -0.1) is 5.10 Å². The van der Waals surface area contributed by atoms with Crippen LogP contribution in [0.3, 0.4) is 0 Å². The third kappa shape index (κ3) is 4.85. The number of anilines is 1. The minimum absolute atomic E-state index is 0.00433. The number of carbonyl (C=O) groups excluding carboxylic acids is 3. The van der Waals surface area contributed by atoms with E-state index in [1.807, 2.05) is 24.3 Å². The largest absolute Gasteiger partial charge is 0.450 e. The molecule has 1 saturated heterocycles. The molecule has 1 aliphatic heterocycles. The summed E-state index contributed by atoms with van der Waals surface area (Å²) in [4.78, 5) is 40.8. The molecule has 180 valence electrons. The molecule has 1 N–H and O–H groups in total. The molecule has 4 rings (SSSR count). The molecule has 1 fully saturated rings. The third-order valence-electron chi connectivity index (χ3n) is 5.78. The lowest BCUT2D eigenvalue weighted by atomic mass is 10.2. The van der Waals surface area contributed by atoms with Crippen molar-refractivity contribution < 1.29 is 19.1 Å². The Bertz CT molecular complexity index is 1190. The quantitative estimate of drug-likeness (QED) is 0.580. The topological polar surface area (TPSA) is 127 Å². The monoisotopic (exact) mass is 468 g/mol. The Kier molecular flexibility index (Phi) is 6.75. The number of amides is 3. The Morgan fingerprint density at radius 2 is 1.82 bits per heavy atom. The van der Waals surface area contributed by atoms with Crippen LogP contribution in [0.5, 0.6) is 0 Å². The highest BCUT2D eigenvalue weighted by Gasteiger charge is 2.29. The van der Waals surface area contributed by atoms with Gasteiger partial charge in [-0.2, -0.15) is 5.10 Å². The molecule has 0 aliphatic carbocycles. The maximum atomic E-state index is 13.0. The van der Waals surface area contributed by atoms with Gasteiger partial charge in [0.05, 0.1) is 23.5 Å². The first-order valence-corrected chi connectivity index (χ1v) is 11.2. The van der Waals surface area contributed by atoms with Gasteiger partial charge in [-0.3, -0.25) is 14.3 Å². The van der Waals surface area contributed by atoms with Crippen LogP contribution in [0.1, 0.15) is 25.6 Å². The summed E-state index contributed by atoms with van der Waals surface area (Å²) >= 11 is 0. The summed E-state index contributed by atoms with van der Waals surface area (Å²) in [6.07, 6.45) is 1.30. The van der Waals surface area contributed by atoms with Crippen molar-refractivity contribution in [1.82, 2.24) is 34.6 Å². The molecule has 3 aromatic rings. The summed E-state index contributed by atoms with van der Waals surface area (Å²) in [5.74, 6) is -0.370. The molecular formula is C22H28N8O4. The number of aromatic nitrogens is 5. The van der Waals surface area contributed by atoms with E-state index in [4.69, 9.17) is 4.74 Å². The number of piperazine rings is 1. The summed E-state index contributed by atoms with van der Waals surface area (Å²) < 4.78 is 8.11. The molecule has 2 aromatic heterocycles. The fourth-order valence-electron chi connectivity index (χ4n) is 3.86. The van der Waals surface area contributed by atoms with E-state index in [2.05, 4.69) is 20.7 Å². The number of benzene rings is 1. The number of aryl methyl sites for hydroxylation is 1. The van der Waals surface area contributed by atoms with Crippen molar-refractivity contribution in [3.63, 3.8) is 0 Å². The van der Waals surface area contributed by atoms with Crippen LogP contribution in [0.15, 0.2) is 30.5 Å². The predicted molar refractivity (Wildman–Crippen MR) is 123 cm³/mol. The van der Waals surface area contributed by atoms with Crippen LogP contribution in [0.4, 0.5) is 10.5 Å². The molecule has 3 amide bonds. The van der Waals surface area contributed by atoms with Gasteiger partial charge >= 0.3 is 6.09 Å². The summed E-state index contributed by atoms with van der Waals surface area (Å²) in [5.41, 5.74) is 2.62. The standard InChI is InChI=1S/C22H28N8O4/c1-4-34-22(33)28-11-9-27(10-12-28)21(32)16(3)29-13-18(15(2)25-29)23-20(31)14-30-19-8-6-5-7-17(19)24-26-30/h5-8,13,16H,4,9-12,14H2,1-3H3,(H,23,31). The van der Waals surface area contributed by atoms with Crippen LogP contribution in [0.25, 0.3) is 11.0 Å². The second-order valence-corrected chi connectivity index (χ2v) is 8.08. The van der Waals surface area contributed by atoms with E-state index < -0.39 is 6.04 Å². The molecule has 34 heavy (non-hydrogen) atoms. The van der Waals surface area contributed by atoms with E-state index >= 15 is 0 Å². The van der Waals surface area contributed by atoms with Gasteiger partial charge in [0.2, 0.25) is 11.8 Å². The zero-order valence-electron chi connectivity index (χ0n) is 19.5. The Morgan fingerprint density at radius 3 is 2.56 bits per heavy atom. The molecule has 0 radical (unpaired) electrons. The van der Waals surface area contributed by atoms with Crippen LogP contribution in [0, 0.1) is 6.92 Å². The molecule has 0 saturated carbocycles. The van der Waals surface area contributed by atoms with E-state index in [9.17, 15) is 14.4 Å². The van der Waals surface area contributed by atoms with Crippen molar-refractivity contribution in [3.8, 4) is 0 Å². The van der Waals surface area contributed by atoms with Crippen molar-refractivity contribution >= 4 is 34.6 Å². The summed E-state index contributed by atoms with van der Waals surface area (Å²) in [5, 5.41) is 15.4. The average molecular weight is 469 g/mol. The van der Waals surface area contributed by atoms with E-state index in [1.54, 1.807) is 41.4 Å². The molecule has 1 aliphatic rings. The van der Waals surface area contributed by atoms with E-state index in [0.717, 1.165) is 11.0 Å². The van der Waals surface area contributed by atoms with E-state index in [1.165, 1.54) is 4.68 Å². The molecule has 1 atom stereocenters. The molecular weight excluding hydrogens is 440 g/mol. The second-order valence-electron chi connectivity index (χ2n) is 8.08. The van der Waals surface area contributed by atoms with E-state index in [-0.39, 0.29) is 24.5 Å². The SMILES string of the molecule is CCOC(=O)N1CCN(C(=O)C(C)n2cc(NC(=O)Cn3nnc4ccccc43)c(C)n2)CC1. The van der Waals surface area contributed by atoms with Gasteiger partial charge in [0, 0.05) is 32.4 Å². The first-order valence-electron chi connectivity index (χ1n) is 11.2. The average Bonchev–Trinajstić information content (AvgIpc) is 3.41. The van der Waals surface area contributed by atoms with E-state index in [0.29, 0.717) is 44.2 Å². The number of ether oxygens (including phenoxy) is 1. The number of para-hydroxylation sites is 1. The van der Waals surface area contributed by atoms with Crippen molar-refractivity contribution in [3.05, 3.63) is 36.2 Å². The molecule has 0 bridgehead atoms. The minimum atomic E-state index is -0.558. The van der Waals surface area contributed by atoms with Crippen LogP contribution < -0.4 is 5.32 Å². The normalized spacial score (nSPS) is 14.8. The van der Waals surface area contributed by atoms with Crippen molar-refractivity contribution in [1.29, 1.82) is 0 Å². The molecule has 12 heteroatoms. The van der Waals surface area contributed by atoms with Gasteiger partial charge < -0.3 is 19.9 Å². The number of nitrogens with zero attached hydrogens (tertiary/aromatic N) is 7. The first-order chi connectivity index (χ1) is 16.4. The number of hydrogen-bond donors (Lipinski definition) is 1. The highest BCUT2D eigenvalue weighted by atomic mass is 16.6. The number of hydrogen-bond acceptors (Lipinski definition) is 7. The van der Waals surface area contributed by atoms with Gasteiger partial charge in [-0.1, -0.05) is 17.3 Å². The van der Waals surface area contributed by atoms with Gasteiger partial charge in [-0.25, -0.2) is 9.48 Å². The van der Waals surface area contributed by atoms with Gasteiger partial charge in [-0.05, 0) is 32.9 Å². The fourth-order valence-corrected chi connectivity index (χ4v) is 3.86. The number of fused-ring (bicyclic) bond motifs is 1. The van der Waals surface area contributed by atoms with Crippen LogP contribution in [-0.2, 0) is 20.9 Å². The lowest BCUT2D eigenvalue weighted by Gasteiger charge is -2.35. The molecule has 3 heterocycles. The second kappa shape index (κ2) is 9.89. The van der Waals surface area contributed by atoms with Gasteiger partial charge in [0.25, 0.3) is 0 Å². The van der Waals surface area contributed by atoms with Gasteiger partial charge in [0.15, 0.2) is 0 Å². The first kappa shape index (κ1) is 23.2. The smallest absolute Gasteiger partial charge is 0.409 e. The molecule has 0 spiro atoms. The Balaban J connectivity index is 1.36. The molecule has 1 aromatic carbocycles. The number of rotatable bonds is 6. The minimum Gasteiger partial charge on any atom is -0.450 e. The maximum absolute atomic E-state index is 13.0. The Labute approximate surface area is 196 Å². The van der Waals surface area contributed by atoms with Crippen molar-refractivity contribution in [2.75, 3.05) is 38.1 Å². The zero-order valence-corrected chi connectivity index (χ0v) is 19.5. The zero-order chi connectivity index (χ0) is 24.2. The maximum Gasteiger partial charge on any atom is 0.409 e. The third-order valence-corrected chi connectivity index (χ3v) is 5.78.